The van der Waals surface area contributed by atoms with Crippen molar-refractivity contribution in [2.24, 2.45) is 0 Å². The van der Waals surface area contributed by atoms with E-state index in [1.54, 1.807) is 0 Å². The fourth-order valence-electron chi connectivity index (χ4n) is 2.71. The van der Waals surface area contributed by atoms with E-state index in [1.165, 1.54) is 25.7 Å². The van der Waals surface area contributed by atoms with Gasteiger partial charge in [0.1, 0.15) is 0 Å². The quantitative estimate of drug-likeness (QED) is 0.380. The van der Waals surface area contributed by atoms with E-state index in [0.717, 1.165) is 37.1 Å². The number of benzene rings is 1. The lowest BCUT2D eigenvalue weighted by Crippen LogP contribution is -2.22. The van der Waals surface area contributed by atoms with E-state index in [2.05, 4.69) is 24.5 Å². The van der Waals surface area contributed by atoms with Gasteiger partial charge in [-0.05, 0) is 25.0 Å². The molecule has 0 saturated carbocycles. The average Bonchev–Trinajstić information content (AvgIpc) is 2.59. The molecule has 0 amide bonds. The van der Waals surface area contributed by atoms with Gasteiger partial charge in [0.2, 0.25) is 0 Å². The van der Waals surface area contributed by atoms with Crippen molar-refractivity contribution in [3.05, 3.63) is 24.3 Å². The zero-order valence-corrected chi connectivity index (χ0v) is 15.4. The van der Waals surface area contributed by atoms with Gasteiger partial charge in [0.25, 0.3) is 0 Å². The molecule has 4 heteroatoms. The summed E-state index contributed by atoms with van der Waals surface area (Å²) in [6.45, 7) is 5.45. The number of unbranched alkanes of at least 4 members (excludes halogenated alkanes) is 4. The van der Waals surface area contributed by atoms with Gasteiger partial charge in [-0.25, -0.2) is 0 Å². The SMILES string of the molecule is CCCCCC(O)CNc1ccccc1NCC(O)CCCCC. The van der Waals surface area contributed by atoms with E-state index in [9.17, 15) is 10.2 Å². The fourth-order valence-corrected chi connectivity index (χ4v) is 2.71. The number of aliphatic hydroxyl groups excluding tert-OH is 2. The molecular formula is C20H36N2O2. The molecule has 0 heterocycles. The third kappa shape index (κ3) is 9.14. The highest BCUT2D eigenvalue weighted by molar-refractivity contribution is 5.68. The monoisotopic (exact) mass is 336 g/mol. The van der Waals surface area contributed by atoms with Gasteiger partial charge in [-0.1, -0.05) is 64.5 Å². The number of hydrogen-bond acceptors (Lipinski definition) is 4. The topological polar surface area (TPSA) is 64.5 Å². The molecule has 0 saturated heterocycles. The Balaban J connectivity index is 2.38. The smallest absolute Gasteiger partial charge is 0.0712 e. The van der Waals surface area contributed by atoms with Crippen LogP contribution in [0.25, 0.3) is 0 Å². The molecule has 0 aliphatic rings. The minimum Gasteiger partial charge on any atom is -0.391 e. The van der Waals surface area contributed by atoms with Gasteiger partial charge in [-0.2, -0.15) is 0 Å². The maximum atomic E-state index is 10.0. The number of para-hydroxylation sites is 2. The third-order valence-electron chi connectivity index (χ3n) is 4.27. The predicted molar refractivity (Wildman–Crippen MR) is 104 cm³/mol. The number of anilines is 2. The van der Waals surface area contributed by atoms with Crippen LogP contribution in [0.2, 0.25) is 0 Å². The van der Waals surface area contributed by atoms with Crippen molar-refractivity contribution in [1.82, 2.24) is 0 Å². The van der Waals surface area contributed by atoms with Crippen molar-refractivity contribution >= 4 is 11.4 Å². The van der Waals surface area contributed by atoms with Crippen molar-refractivity contribution in [2.45, 2.75) is 77.4 Å². The van der Waals surface area contributed by atoms with Crippen molar-refractivity contribution in [1.29, 1.82) is 0 Å². The Hall–Kier alpha value is -1.26. The molecule has 2 unspecified atom stereocenters. The predicted octanol–water partition coefficient (Wildman–Crippen LogP) is 4.39. The second-order valence-electron chi connectivity index (χ2n) is 6.61. The zero-order valence-electron chi connectivity index (χ0n) is 15.4. The van der Waals surface area contributed by atoms with Gasteiger partial charge >= 0.3 is 0 Å². The number of hydrogen-bond donors (Lipinski definition) is 4. The van der Waals surface area contributed by atoms with Crippen LogP contribution in [0.4, 0.5) is 11.4 Å². The highest BCUT2D eigenvalue weighted by Crippen LogP contribution is 2.21. The third-order valence-corrected chi connectivity index (χ3v) is 4.27. The van der Waals surface area contributed by atoms with Crippen molar-refractivity contribution in [3.63, 3.8) is 0 Å². The van der Waals surface area contributed by atoms with Crippen LogP contribution in [0.3, 0.4) is 0 Å². The van der Waals surface area contributed by atoms with Gasteiger partial charge < -0.3 is 20.8 Å². The summed E-state index contributed by atoms with van der Waals surface area (Å²) in [7, 11) is 0. The molecule has 2 atom stereocenters. The Kier molecular flexibility index (Phi) is 11.3. The van der Waals surface area contributed by atoms with Crippen LogP contribution < -0.4 is 10.6 Å². The zero-order chi connectivity index (χ0) is 17.6. The lowest BCUT2D eigenvalue weighted by atomic mass is 10.1. The van der Waals surface area contributed by atoms with Gasteiger partial charge in [-0.3, -0.25) is 0 Å². The lowest BCUT2D eigenvalue weighted by molar-refractivity contribution is 0.172. The van der Waals surface area contributed by atoms with E-state index >= 15 is 0 Å². The van der Waals surface area contributed by atoms with Crippen LogP contribution in [0.15, 0.2) is 24.3 Å². The summed E-state index contributed by atoms with van der Waals surface area (Å²) in [4.78, 5) is 0. The highest BCUT2D eigenvalue weighted by atomic mass is 16.3. The Bertz CT molecular complexity index is 387. The second kappa shape index (κ2) is 13.1. The lowest BCUT2D eigenvalue weighted by Gasteiger charge is -2.18. The largest absolute Gasteiger partial charge is 0.391 e. The Morgan fingerprint density at radius 3 is 1.54 bits per heavy atom. The molecule has 1 aromatic rings. The summed E-state index contributed by atoms with van der Waals surface area (Å²) in [6.07, 6.45) is 7.89. The molecule has 24 heavy (non-hydrogen) atoms. The molecule has 0 aliphatic carbocycles. The molecule has 0 radical (unpaired) electrons. The molecule has 0 bridgehead atoms. The first kappa shape index (κ1) is 20.8. The van der Waals surface area contributed by atoms with E-state index in [1.807, 2.05) is 24.3 Å². The molecule has 0 aliphatic heterocycles. The van der Waals surface area contributed by atoms with Crippen molar-refractivity contribution < 1.29 is 10.2 Å². The first-order valence-electron chi connectivity index (χ1n) is 9.60. The number of aliphatic hydroxyl groups is 2. The second-order valence-corrected chi connectivity index (χ2v) is 6.61. The van der Waals surface area contributed by atoms with Crippen LogP contribution in [0, 0.1) is 0 Å². The van der Waals surface area contributed by atoms with E-state index < -0.39 is 0 Å². The minimum atomic E-state index is -0.316. The summed E-state index contributed by atoms with van der Waals surface area (Å²) in [5, 5.41) is 26.7. The number of nitrogens with one attached hydrogen (secondary N) is 2. The highest BCUT2D eigenvalue weighted by Gasteiger charge is 2.08. The van der Waals surface area contributed by atoms with Crippen LogP contribution in [0.5, 0.6) is 0 Å². The van der Waals surface area contributed by atoms with E-state index in [0.29, 0.717) is 13.1 Å². The molecule has 0 fully saturated rings. The van der Waals surface area contributed by atoms with Crippen molar-refractivity contribution in [3.8, 4) is 0 Å². The first-order chi connectivity index (χ1) is 11.7. The molecular weight excluding hydrogens is 300 g/mol. The molecule has 138 valence electrons. The van der Waals surface area contributed by atoms with Crippen LogP contribution in [0.1, 0.15) is 65.2 Å². The Morgan fingerprint density at radius 2 is 1.17 bits per heavy atom. The van der Waals surface area contributed by atoms with Crippen LogP contribution >= 0.6 is 0 Å². The number of rotatable bonds is 14. The average molecular weight is 337 g/mol. The molecule has 4 N–H and O–H groups in total. The maximum absolute atomic E-state index is 10.0. The van der Waals surface area contributed by atoms with Gasteiger partial charge in [-0.15, -0.1) is 0 Å². The molecule has 0 spiro atoms. The van der Waals surface area contributed by atoms with E-state index in [4.69, 9.17) is 0 Å². The van der Waals surface area contributed by atoms with Gasteiger partial charge in [0.05, 0.1) is 23.6 Å². The Morgan fingerprint density at radius 1 is 0.750 bits per heavy atom. The molecule has 1 aromatic carbocycles. The molecule has 1 rings (SSSR count). The standard InChI is InChI=1S/C20H36N2O2/c1-3-5-7-11-17(23)15-21-19-13-9-10-14-20(19)22-16-18(24)12-8-6-4-2/h9-10,13-14,17-18,21-24H,3-8,11-12,15-16H2,1-2H3. The molecule has 0 aromatic heterocycles. The molecule has 4 nitrogen and oxygen atoms in total. The summed E-state index contributed by atoms with van der Waals surface area (Å²) in [5.41, 5.74) is 1.96. The van der Waals surface area contributed by atoms with Crippen LogP contribution in [-0.2, 0) is 0 Å². The van der Waals surface area contributed by atoms with Gasteiger partial charge in [0, 0.05) is 13.1 Å². The first-order valence-corrected chi connectivity index (χ1v) is 9.60. The van der Waals surface area contributed by atoms with Crippen molar-refractivity contribution in [2.75, 3.05) is 23.7 Å². The van der Waals surface area contributed by atoms with E-state index in [-0.39, 0.29) is 12.2 Å². The maximum Gasteiger partial charge on any atom is 0.0712 e. The summed E-state index contributed by atoms with van der Waals surface area (Å²) < 4.78 is 0. The summed E-state index contributed by atoms with van der Waals surface area (Å²) >= 11 is 0. The van der Waals surface area contributed by atoms with Crippen LogP contribution in [-0.4, -0.2) is 35.5 Å². The summed E-state index contributed by atoms with van der Waals surface area (Å²) in [6, 6.07) is 7.97. The summed E-state index contributed by atoms with van der Waals surface area (Å²) in [5.74, 6) is 0. The minimum absolute atomic E-state index is 0.316. The normalized spacial score (nSPS) is 13.5. The Labute approximate surface area is 147 Å². The fraction of sp³-hybridized carbons (Fsp3) is 0.700. The van der Waals surface area contributed by atoms with Gasteiger partial charge in [0.15, 0.2) is 0 Å².